The molecule has 0 aromatic carbocycles. The van der Waals surface area contributed by atoms with Crippen LogP contribution in [0.4, 0.5) is 0 Å². The first-order valence-electron chi connectivity index (χ1n) is 39.8. The first-order valence-corrected chi connectivity index (χ1v) is 82.9. The lowest BCUT2D eigenvalue weighted by molar-refractivity contribution is 0.0704. The molecule has 8 atom stereocenters. The van der Waals surface area contributed by atoms with E-state index in [2.05, 4.69) is 20.8 Å². The second kappa shape index (κ2) is 62.4. The van der Waals surface area contributed by atoms with E-state index < -0.39 is 114 Å². The lowest BCUT2D eigenvalue weighted by atomic mass is 9.96. The van der Waals surface area contributed by atoms with E-state index in [0.29, 0.717) is 241 Å². The summed E-state index contributed by atoms with van der Waals surface area (Å²) in [6, 6.07) is 2.81. The molecular weight excluding hydrogens is 1990 g/mol. The van der Waals surface area contributed by atoms with Gasteiger partial charge in [-0.15, -0.1) is 188 Å². The van der Waals surface area contributed by atoms with Crippen molar-refractivity contribution in [2.24, 2.45) is 5.92 Å². The van der Waals surface area contributed by atoms with Crippen molar-refractivity contribution in [2.75, 3.05) is 153 Å². The quantitative estimate of drug-likeness (QED) is 0.0158. The Morgan fingerprint density at radius 1 is 0.259 bits per heavy atom. The molecule has 0 bridgehead atoms. The van der Waals surface area contributed by atoms with Gasteiger partial charge in [-0.2, -0.15) is 0 Å². The molecule has 18 nitrogen and oxygen atoms in total. The molecular formula is C64H154O18S24Si6. The Balaban J connectivity index is 12.7. The Morgan fingerprint density at radius 3 is 0.554 bits per heavy atom. The molecule has 112 heavy (non-hydrogen) atoms. The number of thiol groups is 12. The van der Waals surface area contributed by atoms with Crippen LogP contribution >= 0.6 is 247 Å². The molecule has 0 N–H and O–H groups in total. The molecule has 0 saturated carbocycles. The molecule has 0 fully saturated rings. The second-order valence-corrected chi connectivity index (χ2v) is 94.6. The van der Waals surface area contributed by atoms with Crippen molar-refractivity contribution >= 4 is 300 Å². The van der Waals surface area contributed by atoms with E-state index >= 15 is 0 Å². The highest BCUT2D eigenvalue weighted by Crippen LogP contribution is 3.12. The van der Waals surface area contributed by atoms with Gasteiger partial charge in [0.25, 0.3) is 0 Å². The maximum absolute atomic E-state index is 6.92. The molecule has 0 aliphatic carbocycles. The fourth-order valence-corrected chi connectivity index (χ4v) is 118. The molecule has 8 unspecified atom stereocenters. The molecule has 0 aromatic heterocycles. The SMILES string of the molecule is CCO[Si](CCCS(S)(SS)C(C)(C(CCC(C)CC)(S(S)(CCC[Si](OCC)(OCC)OCC)SS)S(S)(CCC[Si](OCC)(OCC)OCC)SS)C(S(S)(CCC[Si](OCC)(OCC)OCC)SS)(S(S)(CCC[Si](OCC)(OCC)OCC)SS)S(S)(CCC[Si](OCC)(OCC)OCC)SS)(OCC)OCC. The Kier molecular flexibility index (Phi) is 67.4. The van der Waals surface area contributed by atoms with Gasteiger partial charge >= 0.3 is 52.8 Å². The molecule has 0 aliphatic rings. The predicted octanol–water partition coefficient (Wildman–Crippen LogP) is 26.4. The van der Waals surface area contributed by atoms with Crippen molar-refractivity contribution in [3.63, 3.8) is 0 Å². The Hall–Kier alpha value is 8.98. The predicted molar refractivity (Wildman–Crippen MR) is 571 cm³/mol. The standard InChI is InChI=1S/C64H154O18S24Si6/c1-22-61(20)47-48-63(102(90,96-84)50-42-56-108(68-26-5,69-27-6)70-28-7,103(91,97-85)51-43-57-109(71-29-8,72-30-9)73-31-10)62(21,101(89,95-83)49-41-55-107(65-23-2,66-24-3)67-25-4)64(104(92,98-86)52-44-58-110(74-32-11,75-33-12)76-34-13,105(93,99-87)53-45-59-111(77-35-14,78-36-15)79-37-16)106(94,100-88)54-46-60-112(80-38-17,81-39-18)82-40-19/h61,83-94H,22-60H2,1-21H3. The van der Waals surface area contributed by atoms with Crippen molar-refractivity contribution in [1.82, 2.24) is 0 Å². The zero-order valence-corrected chi connectivity index (χ0v) is 97.8. The first-order chi connectivity index (χ1) is 53.2. The van der Waals surface area contributed by atoms with E-state index in [9.17, 15) is 0 Å². The first kappa shape index (κ1) is 121. The van der Waals surface area contributed by atoms with Crippen molar-refractivity contribution < 1.29 is 79.7 Å². The summed E-state index contributed by atoms with van der Waals surface area (Å²) in [6.07, 6.45) is 5.35. The minimum absolute atomic E-state index is 0.163. The average Bonchev–Trinajstić information content (AvgIpc) is 0.636. The smallest absolute Gasteiger partial charge is 0.374 e. The minimum atomic E-state index is -3.44. The third-order valence-corrected chi connectivity index (χ3v) is 111. The van der Waals surface area contributed by atoms with Gasteiger partial charge in [-0.25, -0.2) is 0 Å². The normalized spacial score (nSPS) is 20.1. The third-order valence-electron chi connectivity index (χ3n) is 18.6. The highest BCUT2D eigenvalue weighted by Gasteiger charge is 2.85. The number of hydrogen-bond acceptors (Lipinski definition) is 36. The van der Waals surface area contributed by atoms with Gasteiger partial charge in [0.2, 0.25) is 0 Å². The van der Waals surface area contributed by atoms with E-state index in [1.165, 1.54) is 39.3 Å². The van der Waals surface area contributed by atoms with Crippen molar-refractivity contribution in [2.45, 2.75) is 252 Å². The highest BCUT2D eigenvalue weighted by molar-refractivity contribution is 9.49. The van der Waals surface area contributed by atoms with Gasteiger partial charge in [0, 0.05) is 155 Å². The van der Waals surface area contributed by atoms with Crippen LogP contribution in [0.25, 0.3) is 0 Å². The summed E-state index contributed by atoms with van der Waals surface area (Å²) in [5.41, 5.74) is 0. The van der Waals surface area contributed by atoms with Crippen LogP contribution in [-0.4, -0.2) is 219 Å². The largest absolute Gasteiger partial charge is 0.500 e. The van der Waals surface area contributed by atoms with Crippen LogP contribution in [0.1, 0.15) is 203 Å². The summed E-state index contributed by atoms with van der Waals surface area (Å²) in [5, 5.41) is 0. The topological polar surface area (TPSA) is 166 Å². The number of hydrogen-bond donors (Lipinski definition) is 12. The monoisotopic (exact) mass is 2150 g/mol. The maximum atomic E-state index is 6.92. The third kappa shape index (κ3) is 32.1. The van der Waals surface area contributed by atoms with Crippen molar-refractivity contribution in [1.29, 1.82) is 0 Å². The lowest BCUT2D eigenvalue weighted by Gasteiger charge is -2.83. The van der Waals surface area contributed by atoms with Gasteiger partial charge < -0.3 is 79.7 Å². The lowest BCUT2D eigenvalue weighted by Crippen LogP contribution is -2.70. The molecule has 0 aromatic rings. The van der Waals surface area contributed by atoms with E-state index in [4.69, 9.17) is 220 Å². The van der Waals surface area contributed by atoms with Crippen LogP contribution in [0, 0.1) is 5.92 Å². The Labute approximate surface area is 780 Å². The van der Waals surface area contributed by atoms with Crippen molar-refractivity contribution in [3.8, 4) is 0 Å². The summed E-state index contributed by atoms with van der Waals surface area (Å²) < 4.78 is 119. The van der Waals surface area contributed by atoms with Crippen LogP contribution < -0.4 is 0 Å². The molecule has 686 valence electrons. The second-order valence-electron chi connectivity index (χ2n) is 25.4. The summed E-state index contributed by atoms with van der Waals surface area (Å²) in [4.78, 5) is 0. The highest BCUT2D eigenvalue weighted by atomic mass is 33.8. The van der Waals surface area contributed by atoms with Gasteiger partial charge in [0.15, 0.2) is 0 Å². The van der Waals surface area contributed by atoms with Crippen LogP contribution in [0.3, 0.4) is 0 Å². The Bertz CT molecular complexity index is 2170. The molecule has 48 heteroatoms. The molecule has 0 saturated heterocycles. The van der Waals surface area contributed by atoms with Crippen LogP contribution in [0.2, 0.25) is 36.3 Å². The van der Waals surface area contributed by atoms with Crippen molar-refractivity contribution in [3.05, 3.63) is 0 Å². The average molecular weight is 2150 g/mol. The van der Waals surface area contributed by atoms with E-state index in [1.54, 1.807) is 19.7 Å². The molecule has 0 radical (unpaired) electrons. The molecule has 0 amide bonds. The minimum Gasteiger partial charge on any atom is -0.374 e. The van der Waals surface area contributed by atoms with E-state index in [0.717, 1.165) is 6.42 Å². The maximum Gasteiger partial charge on any atom is 0.500 e. The summed E-state index contributed by atoms with van der Waals surface area (Å²) in [5.74, 6) is 2.96. The van der Waals surface area contributed by atoms with Gasteiger partial charge in [-0.05, 0) is 282 Å². The molecule has 0 aliphatic heterocycles. The van der Waals surface area contributed by atoms with Gasteiger partial charge in [-0.1, -0.05) is 20.3 Å². The van der Waals surface area contributed by atoms with Crippen LogP contribution in [-0.2, 0) is 79.7 Å². The fourth-order valence-electron chi connectivity index (χ4n) is 14.6. The van der Waals surface area contributed by atoms with Crippen LogP contribution in [0.5, 0.6) is 0 Å². The summed E-state index contributed by atoms with van der Waals surface area (Å²) in [6.45, 7) is 50.4. The van der Waals surface area contributed by atoms with E-state index in [-0.39, 0.29) is 5.92 Å². The number of rotatable bonds is 78. The van der Waals surface area contributed by atoms with Crippen LogP contribution in [0.15, 0.2) is 0 Å². The fraction of sp³-hybridized carbons (Fsp3) is 1.00. The molecule has 0 heterocycles. The summed E-state index contributed by atoms with van der Waals surface area (Å²) in [7, 11) is -29.1. The van der Waals surface area contributed by atoms with Gasteiger partial charge in [0.05, 0.1) is 8.83 Å². The van der Waals surface area contributed by atoms with E-state index in [1.807, 2.05) is 125 Å². The van der Waals surface area contributed by atoms with Gasteiger partial charge in [-0.3, -0.25) is 0 Å². The molecule has 0 spiro atoms. The summed E-state index contributed by atoms with van der Waals surface area (Å²) >= 11 is 76.7. The van der Waals surface area contributed by atoms with Gasteiger partial charge in [0.1, 0.15) is 3.41 Å². The zero-order chi connectivity index (χ0) is 85.6. The zero-order valence-electron chi connectivity index (χ0n) is 71.3. The molecule has 0 rings (SSSR count). The Morgan fingerprint density at radius 2 is 0.411 bits per heavy atom.